The first-order valence-corrected chi connectivity index (χ1v) is 8.11. The van der Waals surface area contributed by atoms with Crippen molar-refractivity contribution < 1.29 is 9.53 Å². The Labute approximate surface area is 129 Å². The van der Waals surface area contributed by atoms with Gasteiger partial charge in [0.1, 0.15) is 0 Å². The summed E-state index contributed by atoms with van der Waals surface area (Å²) in [6.45, 7) is 5.96. The number of halogens is 1. The van der Waals surface area contributed by atoms with Crippen LogP contribution in [0.25, 0.3) is 0 Å². The van der Waals surface area contributed by atoms with E-state index in [0.29, 0.717) is 12.5 Å². The maximum Gasteiger partial charge on any atom is 0.162 e. The summed E-state index contributed by atoms with van der Waals surface area (Å²) in [5.41, 5.74) is 0.807. The highest BCUT2D eigenvalue weighted by atomic mass is 79.9. The maximum atomic E-state index is 12.1. The second kappa shape index (κ2) is 7.91. The van der Waals surface area contributed by atoms with Crippen molar-refractivity contribution in [2.24, 2.45) is 0 Å². The van der Waals surface area contributed by atoms with Gasteiger partial charge in [0.15, 0.2) is 5.78 Å². The molecule has 0 bridgehead atoms. The zero-order chi connectivity index (χ0) is 14.4. The average Bonchev–Trinajstić information content (AvgIpc) is 2.48. The zero-order valence-corrected chi connectivity index (χ0v) is 13.6. The smallest absolute Gasteiger partial charge is 0.162 e. The van der Waals surface area contributed by atoms with Crippen LogP contribution in [0.1, 0.15) is 36.5 Å². The summed E-state index contributed by atoms with van der Waals surface area (Å²) in [5.74, 6) is 0.234. The lowest BCUT2D eigenvalue weighted by molar-refractivity contribution is -0.0298. The summed E-state index contributed by atoms with van der Waals surface area (Å²) in [5, 5.41) is 0. The Morgan fingerprint density at radius 2 is 2.15 bits per heavy atom. The van der Waals surface area contributed by atoms with Crippen molar-refractivity contribution in [2.75, 3.05) is 26.2 Å². The molecule has 0 aliphatic carbocycles. The van der Waals surface area contributed by atoms with Crippen LogP contribution in [0.15, 0.2) is 28.7 Å². The number of carbonyl (C=O) groups is 1. The van der Waals surface area contributed by atoms with E-state index in [1.807, 2.05) is 24.3 Å². The van der Waals surface area contributed by atoms with E-state index in [9.17, 15) is 4.79 Å². The monoisotopic (exact) mass is 339 g/mol. The van der Waals surface area contributed by atoms with Gasteiger partial charge in [0.2, 0.25) is 0 Å². The molecule has 0 spiro atoms. The fourth-order valence-electron chi connectivity index (χ4n) is 2.47. The van der Waals surface area contributed by atoms with Crippen molar-refractivity contribution in [1.82, 2.24) is 4.90 Å². The number of nitrogens with zero attached hydrogens (tertiary/aromatic N) is 1. The molecule has 0 aromatic heterocycles. The Morgan fingerprint density at radius 1 is 1.40 bits per heavy atom. The van der Waals surface area contributed by atoms with Crippen molar-refractivity contribution in [3.05, 3.63) is 34.3 Å². The summed E-state index contributed by atoms with van der Waals surface area (Å²) in [4.78, 5) is 14.5. The van der Waals surface area contributed by atoms with Crippen molar-refractivity contribution in [2.45, 2.75) is 32.3 Å². The van der Waals surface area contributed by atoms with Crippen molar-refractivity contribution in [1.29, 1.82) is 0 Å². The van der Waals surface area contributed by atoms with E-state index >= 15 is 0 Å². The summed E-state index contributed by atoms with van der Waals surface area (Å²) < 4.78 is 6.66. The molecule has 0 N–H and O–H groups in total. The number of ketones is 1. The highest BCUT2D eigenvalue weighted by Crippen LogP contribution is 2.13. The molecule has 1 atom stereocenters. The van der Waals surface area contributed by atoms with E-state index < -0.39 is 0 Å². The Kier molecular flexibility index (Phi) is 6.20. The van der Waals surface area contributed by atoms with E-state index in [2.05, 4.69) is 27.8 Å². The number of hydrogen-bond acceptors (Lipinski definition) is 3. The summed E-state index contributed by atoms with van der Waals surface area (Å²) >= 11 is 3.38. The van der Waals surface area contributed by atoms with Crippen LogP contribution in [0.3, 0.4) is 0 Å². The Morgan fingerprint density at radius 3 is 2.85 bits per heavy atom. The highest BCUT2D eigenvalue weighted by Gasteiger charge is 2.18. The summed E-state index contributed by atoms with van der Waals surface area (Å²) in [6, 6.07) is 7.60. The molecule has 3 nitrogen and oxygen atoms in total. The minimum atomic E-state index is 0.234. The van der Waals surface area contributed by atoms with E-state index in [-0.39, 0.29) is 5.78 Å². The average molecular weight is 340 g/mol. The fourth-order valence-corrected chi connectivity index (χ4v) is 2.74. The van der Waals surface area contributed by atoms with Crippen molar-refractivity contribution >= 4 is 21.7 Å². The lowest BCUT2D eigenvalue weighted by Gasteiger charge is -2.32. The van der Waals surface area contributed by atoms with Gasteiger partial charge in [-0.05, 0) is 31.5 Å². The quantitative estimate of drug-likeness (QED) is 0.742. The normalized spacial score (nSPS) is 20.0. The van der Waals surface area contributed by atoms with Crippen LogP contribution in [0.2, 0.25) is 0 Å². The van der Waals surface area contributed by atoms with Gasteiger partial charge in [-0.15, -0.1) is 0 Å². The third kappa shape index (κ3) is 4.69. The number of benzene rings is 1. The molecule has 1 aliphatic heterocycles. The molecule has 1 fully saturated rings. The molecule has 20 heavy (non-hydrogen) atoms. The molecule has 0 amide bonds. The predicted octanol–water partition coefficient (Wildman–Crippen LogP) is 3.52. The fraction of sp³-hybridized carbons (Fsp3) is 0.562. The van der Waals surface area contributed by atoms with Crippen LogP contribution >= 0.6 is 15.9 Å². The molecule has 110 valence electrons. The number of hydrogen-bond donors (Lipinski definition) is 0. The van der Waals surface area contributed by atoms with Crippen molar-refractivity contribution in [3.8, 4) is 0 Å². The predicted molar refractivity (Wildman–Crippen MR) is 84.2 cm³/mol. The first-order valence-electron chi connectivity index (χ1n) is 7.31. The van der Waals surface area contributed by atoms with Crippen LogP contribution in [0.4, 0.5) is 0 Å². The lowest BCUT2D eigenvalue weighted by Crippen LogP contribution is -2.42. The SMILES string of the molecule is CCC1CN(CCCC(=O)c2ccc(Br)cc2)CCO1. The minimum absolute atomic E-state index is 0.234. The number of morpholine rings is 1. The van der Waals surface area contributed by atoms with Crippen LogP contribution in [-0.2, 0) is 4.74 Å². The first-order chi connectivity index (χ1) is 9.69. The first kappa shape index (κ1) is 15.7. The van der Waals surface area contributed by atoms with Gasteiger partial charge in [-0.25, -0.2) is 0 Å². The molecular formula is C16H22BrNO2. The minimum Gasteiger partial charge on any atom is -0.376 e. The molecule has 4 heteroatoms. The summed E-state index contributed by atoms with van der Waals surface area (Å²) in [7, 11) is 0. The van der Waals surface area contributed by atoms with Crippen molar-refractivity contribution in [3.63, 3.8) is 0 Å². The van der Waals surface area contributed by atoms with Crippen LogP contribution in [-0.4, -0.2) is 43.0 Å². The van der Waals surface area contributed by atoms with Crippen LogP contribution in [0.5, 0.6) is 0 Å². The van der Waals surface area contributed by atoms with Gasteiger partial charge in [-0.3, -0.25) is 9.69 Å². The molecule has 1 aromatic carbocycles. The van der Waals surface area contributed by atoms with E-state index in [1.54, 1.807) is 0 Å². The maximum absolute atomic E-state index is 12.1. The Hall–Kier alpha value is -0.710. The zero-order valence-electron chi connectivity index (χ0n) is 12.0. The second-order valence-corrected chi connectivity index (χ2v) is 6.15. The molecule has 0 saturated carbocycles. The lowest BCUT2D eigenvalue weighted by atomic mass is 10.1. The molecular weight excluding hydrogens is 318 g/mol. The number of carbonyl (C=O) groups excluding carboxylic acids is 1. The van der Waals surface area contributed by atoms with E-state index in [0.717, 1.165) is 49.1 Å². The number of ether oxygens (including phenoxy) is 1. The van der Waals surface area contributed by atoms with Gasteiger partial charge >= 0.3 is 0 Å². The highest BCUT2D eigenvalue weighted by molar-refractivity contribution is 9.10. The second-order valence-electron chi connectivity index (χ2n) is 5.24. The van der Waals surface area contributed by atoms with Gasteiger partial charge in [0.05, 0.1) is 12.7 Å². The standard InChI is InChI=1S/C16H22BrNO2/c1-2-15-12-18(10-11-20-15)9-3-4-16(19)13-5-7-14(17)8-6-13/h5-8,15H,2-4,9-12H2,1H3. The Bertz CT molecular complexity index is 433. The van der Waals surface area contributed by atoms with Crippen LogP contribution in [0, 0.1) is 0 Å². The van der Waals surface area contributed by atoms with Gasteiger partial charge < -0.3 is 4.74 Å². The van der Waals surface area contributed by atoms with Gasteiger partial charge in [0, 0.05) is 29.5 Å². The molecule has 1 aliphatic rings. The Balaban J connectivity index is 1.72. The molecule has 1 aromatic rings. The number of Topliss-reactive ketones (excluding diaryl/α,β-unsaturated/α-hetero) is 1. The molecule has 1 unspecified atom stereocenters. The molecule has 0 radical (unpaired) electrons. The molecule has 2 rings (SSSR count). The van der Waals surface area contributed by atoms with Gasteiger partial charge in [-0.2, -0.15) is 0 Å². The topological polar surface area (TPSA) is 29.5 Å². The van der Waals surface area contributed by atoms with Gasteiger partial charge in [0.25, 0.3) is 0 Å². The molecule has 1 saturated heterocycles. The molecule has 1 heterocycles. The van der Waals surface area contributed by atoms with E-state index in [1.165, 1.54) is 0 Å². The summed E-state index contributed by atoms with van der Waals surface area (Å²) in [6.07, 6.45) is 2.97. The van der Waals surface area contributed by atoms with E-state index in [4.69, 9.17) is 4.74 Å². The number of rotatable bonds is 6. The van der Waals surface area contributed by atoms with Gasteiger partial charge in [-0.1, -0.05) is 35.0 Å². The third-order valence-electron chi connectivity index (χ3n) is 3.72. The van der Waals surface area contributed by atoms with Crippen LogP contribution < -0.4 is 0 Å². The third-order valence-corrected chi connectivity index (χ3v) is 4.25. The largest absolute Gasteiger partial charge is 0.376 e.